The summed E-state index contributed by atoms with van der Waals surface area (Å²) in [6.07, 6.45) is 1.67. The van der Waals surface area contributed by atoms with Crippen LogP contribution in [0.4, 0.5) is 10.8 Å². The van der Waals surface area contributed by atoms with Gasteiger partial charge in [0, 0.05) is 0 Å². The summed E-state index contributed by atoms with van der Waals surface area (Å²) in [6, 6.07) is 0. The Hall–Kier alpha value is -1.54. The molecule has 2 aromatic heterocycles. The van der Waals surface area contributed by atoms with Crippen LogP contribution in [0.5, 0.6) is 0 Å². The lowest BCUT2D eigenvalue weighted by Crippen LogP contribution is -2.14. The van der Waals surface area contributed by atoms with Gasteiger partial charge in [0.1, 0.15) is 0 Å². The van der Waals surface area contributed by atoms with Crippen LogP contribution in [0.15, 0.2) is 10.4 Å². The van der Waals surface area contributed by atoms with Crippen molar-refractivity contribution in [2.75, 3.05) is 16.8 Å². The second-order valence-corrected chi connectivity index (χ2v) is 6.00. The summed E-state index contributed by atoms with van der Waals surface area (Å²) in [5.74, 6) is 0.255. The van der Waals surface area contributed by atoms with E-state index >= 15 is 0 Å². The molecular weight excluding hydrogens is 270 g/mol. The zero-order chi connectivity index (χ0) is 13.1. The van der Waals surface area contributed by atoms with E-state index in [2.05, 4.69) is 20.5 Å². The Bertz CT molecular complexity index is 543. The number of carbonyl (C=O) groups excluding carboxylic acids is 1. The van der Waals surface area contributed by atoms with Crippen LogP contribution in [-0.2, 0) is 4.79 Å². The molecule has 2 heterocycles. The number of H-pyrrole nitrogens is 1. The normalized spacial score (nSPS) is 10.6. The maximum atomic E-state index is 11.8. The Balaban J connectivity index is 1.89. The highest BCUT2D eigenvalue weighted by Gasteiger charge is 2.11. The van der Waals surface area contributed by atoms with Crippen LogP contribution >= 0.6 is 23.1 Å². The number of carbonyl (C=O) groups is 1. The Morgan fingerprint density at radius 1 is 1.61 bits per heavy atom. The van der Waals surface area contributed by atoms with Crippen LogP contribution in [-0.4, -0.2) is 26.8 Å². The minimum absolute atomic E-state index is 0.0698. The molecule has 4 N–H and O–H groups in total. The summed E-state index contributed by atoms with van der Waals surface area (Å²) in [7, 11) is 0. The van der Waals surface area contributed by atoms with Gasteiger partial charge in [-0.3, -0.25) is 9.89 Å². The van der Waals surface area contributed by atoms with Crippen LogP contribution < -0.4 is 11.1 Å². The summed E-state index contributed by atoms with van der Waals surface area (Å²) in [4.78, 5) is 15.7. The molecule has 1 amide bonds. The van der Waals surface area contributed by atoms with Gasteiger partial charge < -0.3 is 11.1 Å². The first-order valence-corrected chi connectivity index (χ1v) is 7.02. The van der Waals surface area contributed by atoms with E-state index in [-0.39, 0.29) is 5.91 Å². The van der Waals surface area contributed by atoms with Crippen molar-refractivity contribution in [2.45, 2.75) is 18.1 Å². The molecule has 0 unspecified atom stereocenters. The number of hydrogen-bond acceptors (Lipinski definition) is 6. The molecule has 0 atom stereocenters. The SMILES string of the molecule is Cc1n[nH]c(C)c1NC(=O)CSc1cnc(N)s1. The maximum Gasteiger partial charge on any atom is 0.234 e. The van der Waals surface area contributed by atoms with Crippen molar-refractivity contribution in [1.82, 2.24) is 15.2 Å². The molecule has 8 heteroatoms. The first-order chi connectivity index (χ1) is 8.56. The van der Waals surface area contributed by atoms with Crippen LogP contribution in [0.1, 0.15) is 11.4 Å². The number of nitrogens with zero attached hydrogens (tertiary/aromatic N) is 2. The summed E-state index contributed by atoms with van der Waals surface area (Å²) in [5.41, 5.74) is 7.91. The third kappa shape index (κ3) is 3.02. The minimum atomic E-state index is -0.0698. The van der Waals surface area contributed by atoms with E-state index in [1.807, 2.05) is 13.8 Å². The molecule has 0 bridgehead atoms. The molecule has 0 aliphatic carbocycles. The molecule has 0 saturated carbocycles. The Labute approximate surface area is 112 Å². The lowest BCUT2D eigenvalue weighted by Gasteiger charge is -2.03. The average Bonchev–Trinajstić information content (AvgIpc) is 2.87. The monoisotopic (exact) mass is 283 g/mol. The van der Waals surface area contributed by atoms with Crippen molar-refractivity contribution in [3.63, 3.8) is 0 Å². The molecule has 0 aliphatic rings. The van der Waals surface area contributed by atoms with Gasteiger partial charge in [-0.05, 0) is 13.8 Å². The first-order valence-electron chi connectivity index (χ1n) is 5.22. The fourth-order valence-corrected chi connectivity index (χ4v) is 2.94. The van der Waals surface area contributed by atoms with Gasteiger partial charge in [0.15, 0.2) is 5.13 Å². The molecule has 0 aliphatic heterocycles. The van der Waals surface area contributed by atoms with Crippen molar-refractivity contribution in [1.29, 1.82) is 0 Å². The number of rotatable bonds is 4. The number of aromatic nitrogens is 3. The van der Waals surface area contributed by atoms with E-state index < -0.39 is 0 Å². The number of nitrogens with two attached hydrogens (primary N) is 1. The molecule has 6 nitrogen and oxygen atoms in total. The van der Waals surface area contributed by atoms with Gasteiger partial charge in [0.2, 0.25) is 5.91 Å². The third-order valence-corrected chi connectivity index (χ3v) is 4.26. The topological polar surface area (TPSA) is 96.7 Å². The van der Waals surface area contributed by atoms with Gasteiger partial charge in [-0.1, -0.05) is 11.3 Å². The second kappa shape index (κ2) is 5.40. The lowest BCUT2D eigenvalue weighted by molar-refractivity contribution is -0.113. The van der Waals surface area contributed by atoms with Gasteiger partial charge in [0.25, 0.3) is 0 Å². The van der Waals surface area contributed by atoms with E-state index in [1.54, 1.807) is 6.20 Å². The quantitative estimate of drug-likeness (QED) is 0.743. The third-order valence-electron chi connectivity index (χ3n) is 2.24. The van der Waals surface area contributed by atoms with Gasteiger partial charge in [-0.2, -0.15) is 5.10 Å². The maximum absolute atomic E-state index is 11.8. The minimum Gasteiger partial charge on any atom is -0.375 e. The first kappa shape index (κ1) is 12.9. The fraction of sp³-hybridized carbons (Fsp3) is 0.300. The zero-order valence-electron chi connectivity index (χ0n) is 9.98. The molecule has 2 rings (SSSR count). The van der Waals surface area contributed by atoms with Crippen molar-refractivity contribution in [3.8, 4) is 0 Å². The van der Waals surface area contributed by atoms with Crippen LogP contribution in [0.3, 0.4) is 0 Å². The van der Waals surface area contributed by atoms with Gasteiger partial charge in [-0.15, -0.1) is 11.8 Å². The molecule has 0 fully saturated rings. The number of thiazole rings is 1. The second-order valence-electron chi connectivity index (χ2n) is 3.66. The highest BCUT2D eigenvalue weighted by Crippen LogP contribution is 2.26. The Morgan fingerprint density at radius 2 is 2.39 bits per heavy atom. The summed E-state index contributed by atoms with van der Waals surface area (Å²) in [6.45, 7) is 3.71. The lowest BCUT2D eigenvalue weighted by atomic mass is 10.3. The molecule has 0 spiro atoms. The Morgan fingerprint density at radius 3 is 2.94 bits per heavy atom. The van der Waals surface area contributed by atoms with Crippen LogP contribution in [0, 0.1) is 13.8 Å². The zero-order valence-corrected chi connectivity index (χ0v) is 11.6. The predicted octanol–water partition coefficient (Wildman–Crippen LogP) is 1.80. The average molecular weight is 283 g/mol. The molecule has 0 radical (unpaired) electrons. The number of amides is 1. The van der Waals surface area contributed by atoms with E-state index in [1.165, 1.54) is 23.1 Å². The molecule has 18 heavy (non-hydrogen) atoms. The van der Waals surface area contributed by atoms with Gasteiger partial charge >= 0.3 is 0 Å². The Kier molecular flexibility index (Phi) is 3.87. The van der Waals surface area contributed by atoms with E-state index in [0.29, 0.717) is 10.9 Å². The van der Waals surface area contributed by atoms with Crippen molar-refractivity contribution >= 4 is 39.8 Å². The molecular formula is C10H13N5OS2. The highest BCUT2D eigenvalue weighted by molar-refractivity contribution is 8.01. The molecule has 96 valence electrons. The summed E-state index contributed by atoms with van der Waals surface area (Å²) in [5, 5.41) is 10.2. The van der Waals surface area contributed by atoms with Gasteiger partial charge in [0.05, 0.1) is 33.2 Å². The molecule has 2 aromatic rings. The van der Waals surface area contributed by atoms with E-state index in [4.69, 9.17) is 5.73 Å². The van der Waals surface area contributed by atoms with E-state index in [9.17, 15) is 4.79 Å². The smallest absolute Gasteiger partial charge is 0.234 e. The predicted molar refractivity (Wildman–Crippen MR) is 73.9 cm³/mol. The standard InChI is InChI=1S/C10H13N5OS2/c1-5-9(6(2)15-14-5)13-7(16)4-17-8-3-12-10(11)18-8/h3H,4H2,1-2H3,(H2,11,12)(H,13,16)(H,14,15). The number of anilines is 2. The number of aryl methyl sites for hydroxylation is 2. The van der Waals surface area contributed by atoms with Crippen molar-refractivity contribution in [2.24, 2.45) is 0 Å². The van der Waals surface area contributed by atoms with E-state index in [0.717, 1.165) is 21.3 Å². The summed E-state index contributed by atoms with van der Waals surface area (Å²) < 4.78 is 0.934. The van der Waals surface area contributed by atoms with Crippen molar-refractivity contribution in [3.05, 3.63) is 17.6 Å². The number of nitrogen functional groups attached to an aromatic ring is 1. The largest absolute Gasteiger partial charge is 0.375 e. The van der Waals surface area contributed by atoms with Crippen LogP contribution in [0.25, 0.3) is 0 Å². The fourth-order valence-electron chi connectivity index (χ4n) is 1.39. The summed E-state index contributed by atoms with van der Waals surface area (Å²) >= 11 is 2.79. The van der Waals surface area contributed by atoms with Crippen molar-refractivity contribution < 1.29 is 4.79 Å². The molecule has 0 saturated heterocycles. The number of nitrogens with one attached hydrogen (secondary N) is 2. The molecule has 0 aromatic carbocycles. The highest BCUT2D eigenvalue weighted by atomic mass is 32.2. The van der Waals surface area contributed by atoms with Crippen LogP contribution in [0.2, 0.25) is 0 Å². The number of hydrogen-bond donors (Lipinski definition) is 3. The number of thioether (sulfide) groups is 1. The van der Waals surface area contributed by atoms with Gasteiger partial charge in [-0.25, -0.2) is 4.98 Å². The number of aromatic amines is 1.